The second kappa shape index (κ2) is 24.3. The molecule has 1 saturated heterocycles. The van der Waals surface area contributed by atoms with Gasteiger partial charge < -0.3 is 10.0 Å². The number of hydrogen-bond donors (Lipinski definition) is 1. The first-order chi connectivity index (χ1) is 16.5. The average molecular weight is 674 g/mol. The SMILES string of the molecule is CCCCCCCCC=CCCCCCCCCN1CC(C(=O)O)CC1=O.C[CH2][Pb]([CH2]C)[CH2]C. The van der Waals surface area contributed by atoms with Gasteiger partial charge in [0.1, 0.15) is 0 Å². The molecule has 4 nitrogen and oxygen atoms in total. The molecule has 0 aliphatic carbocycles. The average Bonchev–Trinajstić information content (AvgIpc) is 3.21. The van der Waals surface area contributed by atoms with Crippen LogP contribution in [-0.4, -0.2) is 57.7 Å². The summed E-state index contributed by atoms with van der Waals surface area (Å²) >= 11 is -0.789. The van der Waals surface area contributed by atoms with E-state index in [1.807, 2.05) is 0 Å². The van der Waals surface area contributed by atoms with Crippen LogP contribution in [0.25, 0.3) is 0 Å². The Morgan fingerprint density at radius 3 is 1.71 bits per heavy atom. The van der Waals surface area contributed by atoms with E-state index in [0.717, 1.165) is 19.4 Å². The molecule has 1 amide bonds. The Hall–Kier alpha value is -0.398. The molecule has 1 aliphatic heterocycles. The zero-order valence-corrected chi connectivity index (χ0v) is 27.0. The molecule has 0 saturated carbocycles. The van der Waals surface area contributed by atoms with Crippen LogP contribution in [0.15, 0.2) is 12.2 Å². The summed E-state index contributed by atoms with van der Waals surface area (Å²) in [5.74, 6) is -1.33. The van der Waals surface area contributed by atoms with Gasteiger partial charge in [-0.15, -0.1) is 0 Å². The zero-order chi connectivity index (χ0) is 25.4. The van der Waals surface area contributed by atoms with Crippen molar-refractivity contribution in [1.82, 2.24) is 4.90 Å². The van der Waals surface area contributed by atoms with Crippen LogP contribution in [0, 0.1) is 5.92 Å². The van der Waals surface area contributed by atoms with Crippen molar-refractivity contribution in [3.63, 3.8) is 0 Å². The van der Waals surface area contributed by atoms with Crippen LogP contribution in [-0.2, 0) is 9.59 Å². The Morgan fingerprint density at radius 1 is 0.824 bits per heavy atom. The van der Waals surface area contributed by atoms with Crippen molar-refractivity contribution in [3.05, 3.63) is 12.2 Å². The fourth-order valence-electron chi connectivity index (χ4n) is 4.45. The quantitative estimate of drug-likeness (QED) is 0.0801. The van der Waals surface area contributed by atoms with E-state index in [1.165, 1.54) is 77.0 Å². The van der Waals surface area contributed by atoms with Gasteiger partial charge in [-0.05, 0) is 32.1 Å². The molecular weight excluding hydrogens is 618 g/mol. The van der Waals surface area contributed by atoms with E-state index in [-0.39, 0.29) is 12.3 Å². The molecule has 0 bridgehead atoms. The van der Waals surface area contributed by atoms with Crippen molar-refractivity contribution in [2.75, 3.05) is 13.1 Å². The molecule has 1 N–H and O–H groups in total. The van der Waals surface area contributed by atoms with Gasteiger partial charge in [-0.2, -0.15) is 0 Å². The molecule has 34 heavy (non-hydrogen) atoms. The van der Waals surface area contributed by atoms with Crippen molar-refractivity contribution >= 4 is 34.6 Å². The number of unbranched alkanes of at least 4 members (excludes halogenated alkanes) is 12. The number of amides is 1. The number of aliphatic carboxylic acids is 1. The van der Waals surface area contributed by atoms with E-state index in [0.29, 0.717) is 6.54 Å². The van der Waals surface area contributed by atoms with Crippen LogP contribution < -0.4 is 0 Å². The first-order valence-corrected chi connectivity index (χ1v) is 22.7. The third-order valence-electron chi connectivity index (χ3n) is 7.00. The summed E-state index contributed by atoms with van der Waals surface area (Å²) in [6, 6.07) is 0. The number of allylic oxidation sites excluding steroid dienone is 2. The molecule has 1 atom stereocenters. The summed E-state index contributed by atoms with van der Waals surface area (Å²) in [4.78, 5) is 24.4. The van der Waals surface area contributed by atoms with Gasteiger partial charge in [0.15, 0.2) is 0 Å². The van der Waals surface area contributed by atoms with Gasteiger partial charge in [0.05, 0.1) is 5.92 Å². The normalized spacial score (nSPS) is 15.9. The first-order valence-electron chi connectivity index (χ1n) is 14.5. The Bertz CT molecular complexity index is 514. The van der Waals surface area contributed by atoms with Gasteiger partial charge in [-0.3, -0.25) is 9.59 Å². The van der Waals surface area contributed by atoms with Crippen LogP contribution in [0.3, 0.4) is 0 Å². The van der Waals surface area contributed by atoms with E-state index in [9.17, 15) is 9.59 Å². The standard InChI is InChI=1S/C23H41NO3.3C2H5.Pb/c1-2-3-4-5-6-7-8-9-10-11-12-13-14-15-16-17-18-24-20-21(23(26)27)19-22(24)25;3*1-2;/h9-10,21H,2-8,11-20H2,1H3,(H,26,27);3*1H2,2H3;. The minimum atomic E-state index is -0.841. The third-order valence-corrected chi connectivity index (χ3v) is 18.7. The molecule has 1 heterocycles. The van der Waals surface area contributed by atoms with E-state index in [1.54, 1.807) is 16.8 Å². The molecule has 199 valence electrons. The Morgan fingerprint density at radius 2 is 1.29 bits per heavy atom. The van der Waals surface area contributed by atoms with Crippen LogP contribution in [0.1, 0.15) is 124 Å². The number of nitrogens with zero attached hydrogens (tertiary/aromatic N) is 1. The maximum atomic E-state index is 11.7. The summed E-state index contributed by atoms with van der Waals surface area (Å²) in [7, 11) is 0. The Labute approximate surface area is 220 Å². The van der Waals surface area contributed by atoms with E-state index >= 15 is 0 Å². The molecule has 5 heteroatoms. The number of carbonyl (C=O) groups excluding carboxylic acids is 1. The van der Waals surface area contributed by atoms with Gasteiger partial charge >= 0.3 is 61.4 Å². The Balaban J connectivity index is 0.00000135. The van der Waals surface area contributed by atoms with Crippen molar-refractivity contribution in [2.45, 2.75) is 136 Å². The van der Waals surface area contributed by atoms with E-state index in [2.05, 4.69) is 39.8 Å². The monoisotopic (exact) mass is 674 g/mol. The second-order valence-electron chi connectivity index (χ2n) is 9.83. The van der Waals surface area contributed by atoms with Gasteiger partial charge in [0, 0.05) is 19.5 Å². The van der Waals surface area contributed by atoms with E-state index in [4.69, 9.17) is 5.11 Å². The minimum absolute atomic E-state index is 0.00939. The van der Waals surface area contributed by atoms with Crippen molar-refractivity contribution in [3.8, 4) is 0 Å². The third kappa shape index (κ3) is 18.9. The number of hydrogen-bond acceptors (Lipinski definition) is 2. The van der Waals surface area contributed by atoms with Crippen LogP contribution in [0.4, 0.5) is 0 Å². The molecule has 0 aromatic heterocycles. The van der Waals surface area contributed by atoms with Gasteiger partial charge in [0.25, 0.3) is 0 Å². The number of carbonyl (C=O) groups is 2. The molecular formula is C29H56NO3Pb. The van der Waals surface area contributed by atoms with Crippen LogP contribution >= 0.6 is 0 Å². The van der Waals surface area contributed by atoms with Gasteiger partial charge in [-0.25, -0.2) is 0 Å². The van der Waals surface area contributed by atoms with Crippen molar-refractivity contribution in [2.24, 2.45) is 5.92 Å². The fourth-order valence-corrected chi connectivity index (χ4v) is 10.3. The van der Waals surface area contributed by atoms with Crippen molar-refractivity contribution in [1.29, 1.82) is 0 Å². The first kappa shape index (κ1) is 33.6. The molecule has 1 aliphatic rings. The number of likely N-dealkylation sites (tertiary alicyclic amines) is 1. The van der Waals surface area contributed by atoms with Crippen LogP contribution in [0.2, 0.25) is 11.9 Å². The summed E-state index contributed by atoms with van der Waals surface area (Å²) in [5.41, 5.74) is 0. The molecule has 1 rings (SSSR count). The molecule has 1 radical (unpaired) electrons. The van der Waals surface area contributed by atoms with Gasteiger partial charge in [-0.1, -0.05) is 76.9 Å². The number of rotatable bonds is 20. The summed E-state index contributed by atoms with van der Waals surface area (Å²) in [5, 5.41) is 8.98. The summed E-state index contributed by atoms with van der Waals surface area (Å²) in [6.45, 7) is 10.5. The number of carboxylic acids is 1. The van der Waals surface area contributed by atoms with Crippen LogP contribution in [0.5, 0.6) is 0 Å². The predicted molar refractivity (Wildman–Crippen MR) is 149 cm³/mol. The predicted octanol–water partition coefficient (Wildman–Crippen LogP) is 8.50. The second-order valence-corrected chi connectivity index (χ2v) is 23.9. The topological polar surface area (TPSA) is 57.6 Å². The van der Waals surface area contributed by atoms with Crippen molar-refractivity contribution < 1.29 is 14.7 Å². The molecule has 0 aromatic rings. The zero-order valence-electron chi connectivity index (χ0n) is 23.1. The number of carboxylic acid groups (broad SMARTS) is 1. The Kier molecular flexibility index (Phi) is 24.0. The van der Waals surface area contributed by atoms with Gasteiger partial charge in [0.2, 0.25) is 5.91 Å². The maximum absolute atomic E-state index is 11.7. The molecule has 1 unspecified atom stereocenters. The summed E-state index contributed by atoms with van der Waals surface area (Å²) < 4.78 is 4.70. The van der Waals surface area contributed by atoms with E-state index < -0.39 is 34.6 Å². The molecule has 0 aromatic carbocycles. The fraction of sp³-hybridized carbons (Fsp3) is 0.862. The summed E-state index contributed by atoms with van der Waals surface area (Å²) in [6.07, 6.45) is 22.7. The molecule has 0 spiro atoms. The molecule has 1 fully saturated rings.